The van der Waals surface area contributed by atoms with E-state index in [4.69, 9.17) is 5.11 Å². The number of carbonyl (C=O) groups excluding carboxylic acids is 1. The standard InChI is InChI=1S/C13H18N2O4S/c1-14(2)7-13(19)5-6-15(8-13)11(16)9-3-4-10(20-9)12(17)18/h3-4,19H,5-8H2,1-2H3,(H,17,18). The number of carboxylic acids is 1. The fourth-order valence-electron chi connectivity index (χ4n) is 2.47. The molecule has 110 valence electrons. The highest BCUT2D eigenvalue weighted by Crippen LogP contribution is 2.26. The summed E-state index contributed by atoms with van der Waals surface area (Å²) in [5, 5.41) is 19.3. The average molecular weight is 298 g/mol. The average Bonchev–Trinajstić information content (AvgIpc) is 2.94. The Kier molecular flexibility index (Phi) is 4.12. The van der Waals surface area contributed by atoms with Crippen molar-refractivity contribution in [3.63, 3.8) is 0 Å². The van der Waals surface area contributed by atoms with E-state index in [9.17, 15) is 14.7 Å². The summed E-state index contributed by atoms with van der Waals surface area (Å²) in [6.07, 6.45) is 0.536. The molecule has 1 aliphatic heterocycles. The van der Waals surface area contributed by atoms with Crippen molar-refractivity contribution in [2.24, 2.45) is 0 Å². The van der Waals surface area contributed by atoms with Crippen molar-refractivity contribution >= 4 is 23.2 Å². The van der Waals surface area contributed by atoms with E-state index < -0.39 is 11.6 Å². The van der Waals surface area contributed by atoms with Crippen LogP contribution in [0.3, 0.4) is 0 Å². The Morgan fingerprint density at radius 1 is 1.40 bits per heavy atom. The molecule has 0 bridgehead atoms. The van der Waals surface area contributed by atoms with E-state index in [0.717, 1.165) is 11.3 Å². The van der Waals surface area contributed by atoms with Crippen molar-refractivity contribution in [1.82, 2.24) is 9.80 Å². The van der Waals surface area contributed by atoms with Gasteiger partial charge in [-0.3, -0.25) is 4.79 Å². The van der Waals surface area contributed by atoms with Gasteiger partial charge in [-0.05, 0) is 32.6 Å². The molecule has 0 spiro atoms. The van der Waals surface area contributed by atoms with Crippen molar-refractivity contribution in [3.8, 4) is 0 Å². The number of thiophene rings is 1. The van der Waals surface area contributed by atoms with Crippen LogP contribution in [-0.4, -0.2) is 71.2 Å². The fraction of sp³-hybridized carbons (Fsp3) is 0.538. The van der Waals surface area contributed by atoms with Gasteiger partial charge in [-0.1, -0.05) is 0 Å². The molecule has 1 aliphatic rings. The number of carboxylic acid groups (broad SMARTS) is 1. The molecule has 1 atom stereocenters. The molecule has 1 unspecified atom stereocenters. The molecule has 2 heterocycles. The Balaban J connectivity index is 2.05. The van der Waals surface area contributed by atoms with Crippen LogP contribution in [0.4, 0.5) is 0 Å². The zero-order chi connectivity index (χ0) is 14.9. The SMILES string of the molecule is CN(C)CC1(O)CCN(C(=O)c2ccc(C(=O)O)s2)C1. The topological polar surface area (TPSA) is 81.1 Å². The number of β-amino-alcohol motifs (C(OH)–C–C–N with tert-alkyl or cyclic N) is 1. The minimum atomic E-state index is -1.03. The third-order valence-corrected chi connectivity index (χ3v) is 4.32. The number of aliphatic hydroxyl groups is 1. The molecular formula is C13H18N2O4S. The van der Waals surface area contributed by atoms with Crippen LogP contribution < -0.4 is 0 Å². The molecule has 7 heteroatoms. The summed E-state index contributed by atoms with van der Waals surface area (Å²) in [5.41, 5.74) is -0.883. The highest BCUT2D eigenvalue weighted by atomic mass is 32.1. The summed E-state index contributed by atoms with van der Waals surface area (Å²) < 4.78 is 0. The summed E-state index contributed by atoms with van der Waals surface area (Å²) in [6.45, 7) is 1.27. The number of rotatable bonds is 4. The summed E-state index contributed by atoms with van der Waals surface area (Å²) in [6, 6.07) is 2.96. The second kappa shape index (κ2) is 5.51. The predicted octanol–water partition coefficient (Wildman–Crippen LogP) is 0.585. The molecule has 6 nitrogen and oxygen atoms in total. The van der Waals surface area contributed by atoms with Gasteiger partial charge in [-0.15, -0.1) is 11.3 Å². The van der Waals surface area contributed by atoms with Gasteiger partial charge in [0.1, 0.15) is 4.88 Å². The van der Waals surface area contributed by atoms with Crippen molar-refractivity contribution in [1.29, 1.82) is 0 Å². The number of aromatic carboxylic acids is 1. The van der Waals surface area contributed by atoms with Gasteiger partial charge in [0.05, 0.1) is 17.0 Å². The summed E-state index contributed by atoms with van der Waals surface area (Å²) in [7, 11) is 3.75. The third kappa shape index (κ3) is 3.17. The number of nitrogens with zero attached hydrogens (tertiary/aromatic N) is 2. The zero-order valence-corrected chi connectivity index (χ0v) is 12.3. The van der Waals surface area contributed by atoms with Crippen LogP contribution in [0.15, 0.2) is 12.1 Å². The van der Waals surface area contributed by atoms with Gasteiger partial charge in [-0.2, -0.15) is 0 Å². The lowest BCUT2D eigenvalue weighted by atomic mass is 10.0. The first-order valence-electron chi connectivity index (χ1n) is 6.30. The highest BCUT2D eigenvalue weighted by Gasteiger charge is 2.39. The van der Waals surface area contributed by atoms with Crippen molar-refractivity contribution < 1.29 is 19.8 Å². The summed E-state index contributed by atoms with van der Waals surface area (Å²) in [4.78, 5) is 27.1. The van der Waals surface area contributed by atoms with Gasteiger partial charge >= 0.3 is 5.97 Å². The molecular weight excluding hydrogens is 280 g/mol. The van der Waals surface area contributed by atoms with E-state index in [-0.39, 0.29) is 17.3 Å². The van der Waals surface area contributed by atoms with E-state index in [0.29, 0.717) is 24.4 Å². The molecule has 20 heavy (non-hydrogen) atoms. The van der Waals surface area contributed by atoms with E-state index in [1.54, 1.807) is 4.90 Å². The van der Waals surface area contributed by atoms with Gasteiger partial charge in [0.2, 0.25) is 0 Å². The second-order valence-corrected chi connectivity index (χ2v) is 6.49. The predicted molar refractivity (Wildman–Crippen MR) is 75.3 cm³/mol. The molecule has 1 amide bonds. The minimum absolute atomic E-state index is 0.149. The molecule has 2 rings (SSSR count). The summed E-state index contributed by atoms with van der Waals surface area (Å²) >= 11 is 0.967. The lowest BCUT2D eigenvalue weighted by Crippen LogP contribution is -2.43. The summed E-state index contributed by atoms with van der Waals surface area (Å²) in [5.74, 6) is -1.24. The van der Waals surface area contributed by atoms with E-state index in [1.165, 1.54) is 12.1 Å². The Hall–Kier alpha value is -1.44. The van der Waals surface area contributed by atoms with Gasteiger partial charge < -0.3 is 20.0 Å². The Morgan fingerprint density at radius 3 is 2.60 bits per heavy atom. The molecule has 1 fully saturated rings. The molecule has 0 aliphatic carbocycles. The number of likely N-dealkylation sites (tertiary alicyclic amines) is 1. The number of hydrogen-bond acceptors (Lipinski definition) is 5. The maximum atomic E-state index is 12.3. The number of likely N-dealkylation sites (N-methyl/N-ethyl adjacent to an activating group) is 1. The number of carbonyl (C=O) groups is 2. The zero-order valence-electron chi connectivity index (χ0n) is 11.5. The Morgan fingerprint density at radius 2 is 2.05 bits per heavy atom. The fourth-order valence-corrected chi connectivity index (χ4v) is 3.28. The Labute approximate surface area is 121 Å². The van der Waals surface area contributed by atoms with Crippen LogP contribution in [0.5, 0.6) is 0 Å². The lowest BCUT2D eigenvalue weighted by molar-refractivity contribution is 0.0237. The monoisotopic (exact) mass is 298 g/mol. The molecule has 0 saturated carbocycles. The first-order chi connectivity index (χ1) is 9.31. The Bertz CT molecular complexity index is 528. The van der Waals surface area contributed by atoms with Crippen LogP contribution >= 0.6 is 11.3 Å². The van der Waals surface area contributed by atoms with Crippen LogP contribution in [0.2, 0.25) is 0 Å². The smallest absolute Gasteiger partial charge is 0.345 e. The van der Waals surface area contributed by atoms with E-state index >= 15 is 0 Å². The first kappa shape index (κ1) is 15.0. The maximum Gasteiger partial charge on any atom is 0.345 e. The van der Waals surface area contributed by atoms with Gasteiger partial charge in [-0.25, -0.2) is 4.79 Å². The number of hydrogen-bond donors (Lipinski definition) is 2. The van der Waals surface area contributed by atoms with Crippen molar-refractivity contribution in [2.45, 2.75) is 12.0 Å². The van der Waals surface area contributed by atoms with Crippen molar-refractivity contribution in [2.75, 3.05) is 33.7 Å². The van der Waals surface area contributed by atoms with E-state index in [1.807, 2.05) is 19.0 Å². The number of amides is 1. The second-order valence-electron chi connectivity index (χ2n) is 5.41. The van der Waals surface area contributed by atoms with Gasteiger partial charge in [0.15, 0.2) is 0 Å². The van der Waals surface area contributed by atoms with Crippen LogP contribution in [0.1, 0.15) is 25.8 Å². The van der Waals surface area contributed by atoms with Gasteiger partial charge in [0, 0.05) is 13.1 Å². The maximum absolute atomic E-state index is 12.3. The highest BCUT2D eigenvalue weighted by molar-refractivity contribution is 7.15. The first-order valence-corrected chi connectivity index (χ1v) is 7.12. The van der Waals surface area contributed by atoms with Crippen LogP contribution in [0, 0.1) is 0 Å². The largest absolute Gasteiger partial charge is 0.477 e. The van der Waals surface area contributed by atoms with Crippen LogP contribution in [-0.2, 0) is 0 Å². The van der Waals surface area contributed by atoms with Crippen molar-refractivity contribution in [3.05, 3.63) is 21.9 Å². The normalized spacial score (nSPS) is 22.5. The quantitative estimate of drug-likeness (QED) is 0.850. The molecule has 1 aromatic heterocycles. The van der Waals surface area contributed by atoms with Crippen LogP contribution in [0.25, 0.3) is 0 Å². The van der Waals surface area contributed by atoms with E-state index in [2.05, 4.69) is 0 Å². The lowest BCUT2D eigenvalue weighted by Gasteiger charge is -2.26. The molecule has 2 N–H and O–H groups in total. The molecule has 1 aromatic rings. The molecule has 0 aromatic carbocycles. The minimum Gasteiger partial charge on any atom is -0.477 e. The molecule has 1 saturated heterocycles. The van der Waals surface area contributed by atoms with Gasteiger partial charge in [0.25, 0.3) is 5.91 Å². The third-order valence-electron chi connectivity index (χ3n) is 3.26. The molecule has 0 radical (unpaired) electrons.